The number of aliphatic hydroxyl groups is 5. The quantitative estimate of drug-likeness (QED) is 0.0261. The van der Waals surface area contributed by atoms with Crippen molar-refractivity contribution >= 4 is 5.91 Å². The highest BCUT2D eigenvalue weighted by Crippen LogP contribution is 2.24. The van der Waals surface area contributed by atoms with Crippen molar-refractivity contribution in [2.45, 2.75) is 416 Å². The Balaban J connectivity index is 2.04. The average Bonchev–Trinajstić information content (AvgIpc) is 3.48. The molecule has 0 radical (unpaired) electrons. The van der Waals surface area contributed by atoms with Crippen LogP contribution in [-0.2, 0) is 14.3 Å². The number of amides is 1. The Hall–Kier alpha value is -1.33. The summed E-state index contributed by atoms with van der Waals surface area (Å²) in [6, 6.07) is -0.718. The number of aliphatic hydroxyl groups excluding tert-OH is 5. The second-order valence-electron chi connectivity index (χ2n) is 25.4. The lowest BCUT2D eigenvalue weighted by atomic mass is 9.99. The highest BCUT2D eigenvalue weighted by Gasteiger charge is 2.44. The summed E-state index contributed by atoms with van der Waals surface area (Å²) in [5.74, 6) is -0.137. The molecule has 6 N–H and O–H groups in total. The minimum Gasteiger partial charge on any atom is -0.394 e. The fraction of sp³-hybridized carbons (Fsp3) is 0.931. The van der Waals surface area contributed by atoms with Crippen LogP contribution in [0.4, 0.5) is 0 Å². The van der Waals surface area contributed by atoms with Gasteiger partial charge in [-0.25, -0.2) is 0 Å². The molecular formula is C72H139NO8. The van der Waals surface area contributed by atoms with E-state index < -0.39 is 49.5 Å². The Kier molecular flexibility index (Phi) is 59.2. The van der Waals surface area contributed by atoms with Crippen LogP contribution >= 0.6 is 0 Å². The van der Waals surface area contributed by atoms with E-state index in [2.05, 4.69) is 43.5 Å². The van der Waals surface area contributed by atoms with Gasteiger partial charge in [0.25, 0.3) is 0 Å². The highest BCUT2D eigenvalue weighted by molar-refractivity contribution is 5.76. The fourth-order valence-corrected chi connectivity index (χ4v) is 11.9. The molecule has 480 valence electrons. The standard InChI is InChI=1S/C72H139NO8/c1-3-5-7-9-11-13-15-17-19-21-23-24-25-26-27-28-29-30-31-32-33-34-35-36-37-38-39-40-41-42-44-46-48-50-52-54-56-58-60-62-68(76)73-65(64-80-72-71(79)70(78)69(77)67(63-74)81-72)66(75)61-59-57-55-53-51-49-47-45-43-22-20-18-16-14-12-10-8-6-4-2/h29-30,32-33,65-67,69-72,74-75,77-79H,3-28,31,34-64H2,1-2H3,(H,73,76)/b30-29-,33-32-. The molecule has 9 nitrogen and oxygen atoms in total. The molecule has 7 unspecified atom stereocenters. The summed E-state index contributed by atoms with van der Waals surface area (Å²) in [6.07, 6.45) is 74.1. The van der Waals surface area contributed by atoms with Crippen molar-refractivity contribution < 1.29 is 39.8 Å². The molecule has 9 heteroatoms. The van der Waals surface area contributed by atoms with Gasteiger partial charge in [0.2, 0.25) is 5.91 Å². The summed E-state index contributed by atoms with van der Waals surface area (Å²) in [7, 11) is 0. The number of hydrogen-bond donors (Lipinski definition) is 6. The number of hydrogen-bond acceptors (Lipinski definition) is 8. The minimum absolute atomic E-state index is 0.133. The molecule has 0 saturated carbocycles. The van der Waals surface area contributed by atoms with Crippen LogP contribution in [0.25, 0.3) is 0 Å². The Morgan fingerprint density at radius 3 is 1.06 bits per heavy atom. The first-order chi connectivity index (χ1) is 39.8. The summed E-state index contributed by atoms with van der Waals surface area (Å²) in [6.45, 7) is 3.89. The van der Waals surface area contributed by atoms with Gasteiger partial charge in [0.05, 0.1) is 25.4 Å². The molecule has 1 heterocycles. The van der Waals surface area contributed by atoms with Crippen LogP contribution in [0, 0.1) is 0 Å². The van der Waals surface area contributed by atoms with E-state index in [4.69, 9.17) is 9.47 Å². The molecule has 1 rings (SSSR count). The van der Waals surface area contributed by atoms with Gasteiger partial charge in [-0.1, -0.05) is 346 Å². The van der Waals surface area contributed by atoms with Crippen molar-refractivity contribution in [1.29, 1.82) is 0 Å². The number of rotatable bonds is 64. The molecule has 0 aromatic heterocycles. The zero-order valence-electron chi connectivity index (χ0n) is 53.8. The summed E-state index contributed by atoms with van der Waals surface area (Å²) < 4.78 is 11.4. The zero-order chi connectivity index (χ0) is 58.6. The first-order valence-corrected chi connectivity index (χ1v) is 36.0. The van der Waals surface area contributed by atoms with Crippen LogP contribution in [0.3, 0.4) is 0 Å². The molecule has 1 amide bonds. The van der Waals surface area contributed by atoms with E-state index in [0.717, 1.165) is 44.9 Å². The molecule has 1 aliphatic rings. The summed E-state index contributed by atoms with van der Waals surface area (Å²) in [5.41, 5.74) is 0. The first-order valence-electron chi connectivity index (χ1n) is 36.0. The fourth-order valence-electron chi connectivity index (χ4n) is 11.9. The van der Waals surface area contributed by atoms with Crippen molar-refractivity contribution in [3.05, 3.63) is 24.3 Å². The van der Waals surface area contributed by atoms with Gasteiger partial charge in [-0.2, -0.15) is 0 Å². The molecule has 0 bridgehead atoms. The van der Waals surface area contributed by atoms with Crippen molar-refractivity contribution in [1.82, 2.24) is 5.32 Å². The zero-order valence-corrected chi connectivity index (χ0v) is 53.8. The van der Waals surface area contributed by atoms with E-state index in [9.17, 15) is 30.3 Å². The maximum atomic E-state index is 13.1. The van der Waals surface area contributed by atoms with Gasteiger partial charge in [-0.3, -0.25) is 4.79 Å². The Morgan fingerprint density at radius 2 is 0.728 bits per heavy atom. The van der Waals surface area contributed by atoms with Gasteiger partial charge in [0.1, 0.15) is 24.4 Å². The third-order valence-electron chi connectivity index (χ3n) is 17.6. The number of nitrogens with one attached hydrogen (secondary N) is 1. The highest BCUT2D eigenvalue weighted by atomic mass is 16.7. The summed E-state index contributed by atoms with van der Waals surface area (Å²) >= 11 is 0. The molecule has 81 heavy (non-hydrogen) atoms. The van der Waals surface area contributed by atoms with Gasteiger partial charge >= 0.3 is 0 Å². The molecule has 1 saturated heterocycles. The first kappa shape index (κ1) is 77.7. The second kappa shape index (κ2) is 61.7. The Bertz CT molecular complexity index is 1330. The average molecular weight is 1150 g/mol. The van der Waals surface area contributed by atoms with Gasteiger partial charge in [0, 0.05) is 6.42 Å². The summed E-state index contributed by atoms with van der Waals surface area (Å²) in [4.78, 5) is 13.1. The summed E-state index contributed by atoms with van der Waals surface area (Å²) in [5, 5.41) is 54.9. The molecule has 7 atom stereocenters. The predicted octanol–water partition coefficient (Wildman–Crippen LogP) is 19.6. The molecule has 1 fully saturated rings. The van der Waals surface area contributed by atoms with Gasteiger partial charge in [-0.15, -0.1) is 0 Å². The Morgan fingerprint density at radius 1 is 0.420 bits per heavy atom. The van der Waals surface area contributed by atoms with E-state index in [1.165, 1.54) is 302 Å². The molecular weight excluding hydrogens is 1010 g/mol. The van der Waals surface area contributed by atoms with Crippen LogP contribution < -0.4 is 5.32 Å². The van der Waals surface area contributed by atoms with Crippen LogP contribution in [0.5, 0.6) is 0 Å². The van der Waals surface area contributed by atoms with Crippen molar-refractivity contribution in [3.8, 4) is 0 Å². The van der Waals surface area contributed by atoms with Crippen molar-refractivity contribution in [3.63, 3.8) is 0 Å². The monoisotopic (exact) mass is 1150 g/mol. The topological polar surface area (TPSA) is 149 Å². The molecule has 0 spiro atoms. The van der Waals surface area contributed by atoms with Gasteiger partial charge in [0.15, 0.2) is 6.29 Å². The molecule has 0 aliphatic carbocycles. The van der Waals surface area contributed by atoms with Crippen LogP contribution in [-0.4, -0.2) is 87.5 Å². The number of carbonyl (C=O) groups is 1. The Labute approximate surface area is 502 Å². The van der Waals surface area contributed by atoms with Crippen molar-refractivity contribution in [2.24, 2.45) is 0 Å². The maximum absolute atomic E-state index is 13.1. The lowest BCUT2D eigenvalue weighted by Crippen LogP contribution is -2.60. The number of carbonyl (C=O) groups excluding carboxylic acids is 1. The number of unbranched alkanes of at least 4 members (excludes halogenated alkanes) is 50. The van der Waals surface area contributed by atoms with Crippen molar-refractivity contribution in [2.75, 3.05) is 13.2 Å². The van der Waals surface area contributed by atoms with E-state index in [1.54, 1.807) is 0 Å². The maximum Gasteiger partial charge on any atom is 0.220 e. The third-order valence-corrected chi connectivity index (χ3v) is 17.6. The lowest BCUT2D eigenvalue weighted by molar-refractivity contribution is -0.302. The van der Waals surface area contributed by atoms with Crippen LogP contribution in [0.2, 0.25) is 0 Å². The normalized spacial score (nSPS) is 18.4. The van der Waals surface area contributed by atoms with Crippen LogP contribution in [0.15, 0.2) is 24.3 Å². The van der Waals surface area contributed by atoms with E-state index in [1.807, 2.05) is 0 Å². The SMILES string of the molecule is CCCCCCCCCCCCCCCCC/C=C\C/C=C\CCCCCCCCCCCCCCCCCCCC(=O)NC(COC1OC(CO)C(O)C(O)C1O)C(O)CCCCCCCCCCCCCCCCCCCCC. The minimum atomic E-state index is -1.55. The van der Waals surface area contributed by atoms with Gasteiger partial charge in [-0.05, 0) is 44.9 Å². The third kappa shape index (κ3) is 50.5. The number of allylic oxidation sites excluding steroid dienone is 4. The number of ether oxygens (including phenoxy) is 2. The lowest BCUT2D eigenvalue weighted by Gasteiger charge is -2.40. The largest absolute Gasteiger partial charge is 0.394 e. The van der Waals surface area contributed by atoms with Crippen LogP contribution in [0.1, 0.15) is 373 Å². The molecule has 0 aromatic rings. The molecule has 1 aliphatic heterocycles. The second-order valence-corrected chi connectivity index (χ2v) is 25.4. The predicted molar refractivity (Wildman–Crippen MR) is 346 cm³/mol. The van der Waals surface area contributed by atoms with E-state index >= 15 is 0 Å². The van der Waals surface area contributed by atoms with E-state index in [0.29, 0.717) is 12.8 Å². The molecule has 0 aromatic carbocycles. The smallest absolute Gasteiger partial charge is 0.220 e. The van der Waals surface area contributed by atoms with Gasteiger partial charge < -0.3 is 40.3 Å². The van der Waals surface area contributed by atoms with E-state index in [-0.39, 0.29) is 12.5 Å².